The molecule has 0 bridgehead atoms. The van der Waals surface area contributed by atoms with Crippen LogP contribution in [0.5, 0.6) is 0 Å². The molecule has 0 unspecified atom stereocenters. The van der Waals surface area contributed by atoms with Crippen LogP contribution < -0.4 is 4.90 Å². The number of aryl methyl sites for hydroxylation is 2. The predicted molar refractivity (Wildman–Crippen MR) is 203 cm³/mol. The van der Waals surface area contributed by atoms with Gasteiger partial charge in [-0.15, -0.1) is 0 Å². The summed E-state index contributed by atoms with van der Waals surface area (Å²) in [7, 11) is 0. The van der Waals surface area contributed by atoms with Gasteiger partial charge in [-0.25, -0.2) is 0 Å². The average molecular weight is 612 g/mol. The van der Waals surface area contributed by atoms with Crippen LogP contribution in [0.25, 0.3) is 32.3 Å². The summed E-state index contributed by atoms with van der Waals surface area (Å²) < 4.78 is 0. The highest BCUT2D eigenvalue weighted by molar-refractivity contribution is 6.24. The Morgan fingerprint density at radius 3 is 1.55 bits per heavy atom. The van der Waals surface area contributed by atoms with Crippen LogP contribution in [-0.2, 0) is 10.8 Å². The maximum atomic E-state index is 2.46. The molecule has 1 nitrogen and oxygen atoms in total. The Labute approximate surface area is 280 Å². The fraction of sp³-hybridized carbons (Fsp3) is 0.261. The second-order valence-electron chi connectivity index (χ2n) is 15.1. The topological polar surface area (TPSA) is 3.24 Å². The van der Waals surface area contributed by atoms with Gasteiger partial charge in [0.15, 0.2) is 0 Å². The van der Waals surface area contributed by atoms with Gasteiger partial charge in [0.05, 0.1) is 0 Å². The van der Waals surface area contributed by atoms with E-state index >= 15 is 0 Å². The Morgan fingerprint density at radius 1 is 0.511 bits per heavy atom. The molecular weight excluding hydrogens is 567 g/mol. The van der Waals surface area contributed by atoms with Gasteiger partial charge in [0.25, 0.3) is 0 Å². The molecule has 8 rings (SSSR count). The van der Waals surface area contributed by atoms with Crippen LogP contribution in [0.1, 0.15) is 80.7 Å². The summed E-state index contributed by atoms with van der Waals surface area (Å²) in [6, 6.07) is 46.6. The molecule has 0 amide bonds. The normalized spacial score (nSPS) is 15.1. The van der Waals surface area contributed by atoms with Gasteiger partial charge >= 0.3 is 0 Å². The third-order valence-corrected chi connectivity index (χ3v) is 11.0. The molecule has 0 heterocycles. The molecule has 1 saturated carbocycles. The zero-order chi connectivity index (χ0) is 32.3. The van der Waals surface area contributed by atoms with Gasteiger partial charge in [-0.3, -0.25) is 0 Å². The third-order valence-electron chi connectivity index (χ3n) is 11.0. The van der Waals surface area contributed by atoms with Gasteiger partial charge in [0.2, 0.25) is 0 Å². The van der Waals surface area contributed by atoms with Gasteiger partial charge in [0.1, 0.15) is 0 Å². The molecule has 7 aromatic carbocycles. The summed E-state index contributed by atoms with van der Waals surface area (Å²) in [5, 5.41) is 8.34. The lowest BCUT2D eigenvalue weighted by molar-refractivity contribution is 0.348. The van der Waals surface area contributed by atoms with Crippen molar-refractivity contribution in [3.05, 3.63) is 149 Å². The average Bonchev–Trinajstić information content (AvgIpc) is 3.09. The molecule has 0 radical (unpaired) electrons. The van der Waals surface area contributed by atoms with E-state index in [0.29, 0.717) is 0 Å². The summed E-state index contributed by atoms with van der Waals surface area (Å²) >= 11 is 0. The monoisotopic (exact) mass is 611 g/mol. The molecule has 1 aliphatic rings. The molecule has 0 atom stereocenters. The fourth-order valence-electron chi connectivity index (χ4n) is 8.30. The second kappa shape index (κ2) is 11.3. The van der Waals surface area contributed by atoms with Gasteiger partial charge in [0, 0.05) is 22.5 Å². The Bertz CT molecular complexity index is 2130. The number of hydrogen-bond acceptors (Lipinski definition) is 1. The molecule has 0 N–H and O–H groups in total. The first-order chi connectivity index (χ1) is 22.7. The maximum Gasteiger partial charge on any atom is 0.0461 e. The van der Waals surface area contributed by atoms with Crippen molar-refractivity contribution in [2.75, 3.05) is 4.90 Å². The van der Waals surface area contributed by atoms with Crippen molar-refractivity contribution >= 4 is 49.4 Å². The molecule has 234 valence electrons. The van der Waals surface area contributed by atoms with Crippen LogP contribution in [-0.4, -0.2) is 0 Å². The molecule has 0 aliphatic heterocycles. The lowest BCUT2D eigenvalue weighted by Crippen LogP contribution is -2.30. The summed E-state index contributed by atoms with van der Waals surface area (Å²) in [5.41, 5.74) is 10.6. The van der Waals surface area contributed by atoms with Gasteiger partial charge in [-0.1, -0.05) is 136 Å². The Morgan fingerprint density at radius 2 is 1.00 bits per heavy atom. The lowest BCUT2D eigenvalue weighted by Gasteiger charge is -2.40. The first-order valence-electron chi connectivity index (χ1n) is 17.5. The van der Waals surface area contributed by atoms with Crippen LogP contribution in [0.4, 0.5) is 17.1 Å². The number of rotatable bonds is 5. The molecule has 0 spiro atoms. The van der Waals surface area contributed by atoms with Gasteiger partial charge < -0.3 is 4.90 Å². The number of benzene rings is 7. The minimum absolute atomic E-state index is 0.00574. The first-order valence-corrected chi connectivity index (χ1v) is 17.5. The minimum atomic E-state index is -0.00574. The van der Waals surface area contributed by atoms with Crippen LogP contribution in [0, 0.1) is 13.8 Å². The highest BCUT2D eigenvalue weighted by Crippen LogP contribution is 2.50. The molecule has 1 heteroatoms. The quantitative estimate of drug-likeness (QED) is 0.175. The van der Waals surface area contributed by atoms with Crippen molar-refractivity contribution in [3.8, 4) is 0 Å². The van der Waals surface area contributed by atoms with E-state index in [4.69, 9.17) is 0 Å². The van der Waals surface area contributed by atoms with E-state index in [1.807, 2.05) is 0 Å². The summed E-state index contributed by atoms with van der Waals surface area (Å²) in [5.74, 6) is 0. The smallest absolute Gasteiger partial charge is 0.0461 e. The van der Waals surface area contributed by atoms with Gasteiger partial charge in [-0.2, -0.15) is 0 Å². The standard InChI is InChI=1S/C46H45N/c1-31-9-19-38(20-10-31)47(39-21-11-32(2)12-22-39)40-23-17-36(18-24-40)46(27-7-6-8-28-46)42-26-16-33-13-14-34-29-37(45(3,4)5)30-35-15-25-41(42)44(33)43(34)35/h9-26,29-30H,6-8,27-28H2,1-5H3. The molecule has 47 heavy (non-hydrogen) atoms. The Balaban J connectivity index is 1.28. The number of hydrogen-bond donors (Lipinski definition) is 0. The van der Waals surface area contributed by atoms with Crippen molar-refractivity contribution in [3.63, 3.8) is 0 Å². The van der Waals surface area contributed by atoms with E-state index in [1.165, 1.54) is 109 Å². The summed E-state index contributed by atoms with van der Waals surface area (Å²) in [6.07, 6.45) is 6.21. The summed E-state index contributed by atoms with van der Waals surface area (Å²) in [4.78, 5) is 2.39. The van der Waals surface area contributed by atoms with Crippen LogP contribution in [0.2, 0.25) is 0 Å². The zero-order valence-corrected chi connectivity index (χ0v) is 28.5. The molecule has 7 aromatic rings. The van der Waals surface area contributed by atoms with E-state index in [9.17, 15) is 0 Å². The van der Waals surface area contributed by atoms with Crippen LogP contribution in [0.15, 0.2) is 121 Å². The first kappa shape index (κ1) is 29.8. The second-order valence-corrected chi connectivity index (χ2v) is 15.1. The van der Waals surface area contributed by atoms with Crippen molar-refractivity contribution < 1.29 is 0 Å². The largest absolute Gasteiger partial charge is 0.311 e. The summed E-state index contributed by atoms with van der Waals surface area (Å²) in [6.45, 7) is 11.3. The maximum absolute atomic E-state index is 2.46. The SMILES string of the molecule is Cc1ccc(N(c2ccc(C)cc2)c2ccc(C3(c4ccc5ccc6cc(C(C)(C)C)cc7ccc4c5c67)CCCCC3)cc2)cc1. The predicted octanol–water partition coefficient (Wildman–Crippen LogP) is 13.2. The van der Waals surface area contributed by atoms with E-state index in [-0.39, 0.29) is 10.8 Å². The molecular formula is C46H45N. The lowest BCUT2D eigenvalue weighted by atomic mass is 9.64. The molecule has 1 fully saturated rings. The fourth-order valence-corrected chi connectivity index (χ4v) is 8.30. The van der Waals surface area contributed by atoms with E-state index < -0.39 is 0 Å². The van der Waals surface area contributed by atoms with E-state index in [2.05, 4.69) is 161 Å². The third kappa shape index (κ3) is 5.08. The van der Waals surface area contributed by atoms with Crippen LogP contribution in [0.3, 0.4) is 0 Å². The molecule has 0 saturated heterocycles. The number of anilines is 3. The minimum Gasteiger partial charge on any atom is -0.311 e. The van der Waals surface area contributed by atoms with Crippen molar-refractivity contribution in [2.45, 2.75) is 77.6 Å². The zero-order valence-electron chi connectivity index (χ0n) is 28.5. The molecule has 0 aromatic heterocycles. The van der Waals surface area contributed by atoms with E-state index in [1.54, 1.807) is 0 Å². The Hall–Kier alpha value is -4.62. The van der Waals surface area contributed by atoms with Crippen molar-refractivity contribution in [1.29, 1.82) is 0 Å². The number of nitrogens with zero attached hydrogens (tertiary/aromatic N) is 1. The van der Waals surface area contributed by atoms with Crippen molar-refractivity contribution in [1.82, 2.24) is 0 Å². The highest BCUT2D eigenvalue weighted by Gasteiger charge is 2.37. The van der Waals surface area contributed by atoms with Gasteiger partial charge in [-0.05, 0) is 118 Å². The van der Waals surface area contributed by atoms with Crippen molar-refractivity contribution in [2.24, 2.45) is 0 Å². The van der Waals surface area contributed by atoms with Crippen LogP contribution >= 0.6 is 0 Å². The Kier molecular flexibility index (Phi) is 7.14. The molecule has 1 aliphatic carbocycles. The van der Waals surface area contributed by atoms with E-state index in [0.717, 1.165) is 0 Å². The highest BCUT2D eigenvalue weighted by atomic mass is 15.1.